The molecule has 0 amide bonds. The second-order valence-corrected chi connectivity index (χ2v) is 44.0. The van der Waals surface area contributed by atoms with Gasteiger partial charge >= 0.3 is 0 Å². The number of benzene rings is 17. The molecule has 0 saturated heterocycles. The number of rotatable bonds is 18. The van der Waals surface area contributed by atoms with Gasteiger partial charge < -0.3 is 9.13 Å². The minimum Gasteiger partial charge on any atom is -0.308 e. The van der Waals surface area contributed by atoms with Crippen LogP contribution >= 0.6 is 0 Å². The number of aromatic nitrogens is 2. The van der Waals surface area contributed by atoms with Crippen molar-refractivity contribution in [2.75, 3.05) is 0 Å². The molecule has 2 aromatic heterocycles. The Bertz CT molecular complexity index is 5400. The van der Waals surface area contributed by atoms with Crippen molar-refractivity contribution in [2.45, 2.75) is 0 Å². The zero-order chi connectivity index (χ0) is 73.5. The van der Waals surface area contributed by atoms with Gasteiger partial charge in [0.1, 0.15) is 11.6 Å². The lowest BCUT2D eigenvalue weighted by molar-refractivity contribution is 1.12. The van der Waals surface area contributed by atoms with Crippen molar-refractivity contribution in [3.05, 3.63) is 461 Å². The maximum absolute atomic E-state index is 12.6. The van der Waals surface area contributed by atoms with E-state index in [9.17, 15) is 5.26 Å². The molecule has 17 aromatic carbocycles. The Morgan fingerprint density at radius 2 is 0.318 bits per heavy atom. The minimum atomic E-state index is -3.10. The highest BCUT2D eigenvalue weighted by Gasteiger charge is 2.46. The summed E-state index contributed by atoms with van der Waals surface area (Å²) in [6.45, 7) is 0. The second kappa shape index (κ2) is 28.4. The molecule has 0 aliphatic rings. The third kappa shape index (κ3) is 10.7. The van der Waals surface area contributed by atoms with Gasteiger partial charge in [0.15, 0.2) is 32.3 Å². The molecular formula is C103H75N3Si4. The Morgan fingerprint density at radius 1 is 0.164 bits per heavy atom. The lowest BCUT2D eigenvalue weighted by atomic mass is 10.1. The number of fused-ring (bicyclic) bond motifs is 6. The molecular weight excluding hydrogens is 1390 g/mol. The Kier molecular flexibility index (Phi) is 17.4. The highest BCUT2D eigenvalue weighted by Crippen LogP contribution is 2.39. The van der Waals surface area contributed by atoms with Gasteiger partial charge in [-0.15, -0.1) is 0 Å². The van der Waals surface area contributed by atoms with Crippen LogP contribution in [0.15, 0.2) is 455 Å². The van der Waals surface area contributed by atoms with Crippen molar-refractivity contribution in [2.24, 2.45) is 0 Å². The van der Waals surface area contributed by atoms with E-state index < -0.39 is 32.3 Å². The molecule has 2 heterocycles. The van der Waals surface area contributed by atoms with Gasteiger partial charge in [0, 0.05) is 21.5 Å². The fourth-order valence-corrected chi connectivity index (χ4v) is 37.9. The van der Waals surface area contributed by atoms with E-state index in [-0.39, 0.29) is 0 Å². The lowest BCUT2D eigenvalue weighted by Gasteiger charge is -2.34. The first kappa shape index (κ1) is 67.3. The third-order valence-electron chi connectivity index (χ3n) is 23.4. The summed E-state index contributed by atoms with van der Waals surface area (Å²) in [6.07, 6.45) is 0. The summed E-state index contributed by atoms with van der Waals surface area (Å²) in [4.78, 5) is 0. The zero-order valence-corrected chi connectivity index (χ0v) is 64.6. The van der Waals surface area contributed by atoms with Crippen molar-refractivity contribution in [1.82, 2.24) is 9.13 Å². The van der Waals surface area contributed by atoms with Crippen LogP contribution in [0.4, 0.5) is 0 Å². The maximum atomic E-state index is 12.6. The molecule has 0 atom stereocenters. The van der Waals surface area contributed by atoms with E-state index in [1.807, 2.05) is 0 Å². The average Bonchev–Trinajstić information content (AvgIpc) is 1.48. The molecule has 19 rings (SSSR count). The number of hydrogen-bond donors (Lipinski definition) is 0. The molecule has 7 heteroatoms. The monoisotopic (exact) mass is 1470 g/mol. The van der Waals surface area contributed by atoms with Crippen LogP contribution in [0.25, 0.3) is 55.0 Å². The average molecular weight is 1470 g/mol. The van der Waals surface area contributed by atoms with Crippen molar-refractivity contribution >= 4 is 159 Å². The van der Waals surface area contributed by atoms with Gasteiger partial charge in [0.05, 0.1) is 33.4 Å². The molecule has 0 radical (unpaired) electrons. The summed E-state index contributed by atoms with van der Waals surface area (Å²) in [7, 11) is -12.4. The van der Waals surface area contributed by atoms with Crippen LogP contribution in [0.2, 0.25) is 0 Å². The van der Waals surface area contributed by atoms with Crippen molar-refractivity contribution in [1.29, 1.82) is 5.26 Å². The Morgan fingerprint density at radius 3 is 0.464 bits per heavy atom. The highest BCUT2D eigenvalue weighted by atomic mass is 28.3. The zero-order valence-electron chi connectivity index (χ0n) is 60.6. The van der Waals surface area contributed by atoms with Crippen LogP contribution in [0, 0.1) is 11.3 Å². The fraction of sp³-hybridized carbons (Fsp3) is 0. The van der Waals surface area contributed by atoms with E-state index in [0.29, 0.717) is 5.56 Å². The quantitative estimate of drug-likeness (QED) is 0.0623. The molecule has 518 valence electrons. The van der Waals surface area contributed by atoms with E-state index in [1.54, 1.807) is 0 Å². The molecule has 19 aromatic rings. The van der Waals surface area contributed by atoms with Crippen LogP contribution in [0.5, 0.6) is 0 Å². The summed E-state index contributed by atoms with van der Waals surface area (Å²) < 4.78 is 4.83. The Labute approximate surface area is 646 Å². The van der Waals surface area contributed by atoms with Crippen LogP contribution in [-0.2, 0) is 0 Å². The summed E-state index contributed by atoms with van der Waals surface area (Å²) in [5, 5.41) is 37.8. The first-order chi connectivity index (χ1) is 54.5. The Hall–Kier alpha value is -13.3. The molecule has 0 aliphatic heterocycles. The summed E-state index contributed by atoms with van der Waals surface area (Å²) in [5.74, 6) is 0. The molecule has 0 saturated carbocycles. The second-order valence-electron chi connectivity index (χ2n) is 28.8. The van der Waals surface area contributed by atoms with Gasteiger partial charge in [-0.25, -0.2) is 0 Å². The number of nitriles is 1. The molecule has 0 spiro atoms. The highest BCUT2D eigenvalue weighted by molar-refractivity contribution is 7.22. The minimum absolute atomic E-state index is 0.567. The van der Waals surface area contributed by atoms with Gasteiger partial charge in [-0.3, -0.25) is 0 Å². The lowest BCUT2D eigenvalue weighted by Crippen LogP contribution is -2.74. The van der Waals surface area contributed by atoms with E-state index in [2.05, 4.69) is 470 Å². The van der Waals surface area contributed by atoms with Crippen LogP contribution < -0.4 is 83.0 Å². The van der Waals surface area contributed by atoms with Gasteiger partial charge in [-0.05, 0) is 119 Å². The summed E-state index contributed by atoms with van der Waals surface area (Å²) in [6, 6.07) is 174. The van der Waals surface area contributed by atoms with Crippen molar-refractivity contribution < 1.29 is 0 Å². The van der Waals surface area contributed by atoms with Crippen LogP contribution in [0.3, 0.4) is 0 Å². The number of nitrogens with zero attached hydrogens (tertiary/aromatic N) is 3. The Balaban J connectivity index is 0.921. The van der Waals surface area contributed by atoms with Gasteiger partial charge in [-0.2, -0.15) is 5.26 Å². The standard InChI is InChI=1S/C103H75N3Si4/c104-76-97-98(105-100-68-64-89(107(77-38-13-1-14-39-77,78-40-15-2-16-41-78)79-42-17-3-18-43-79)72-93(100)94-73-90(65-69-101(94)105)108(80-44-19-4-20-45-80,81-46-21-5-22-47-81)82-48-23-6-24-49-82)62-37-63-99(97)106-102-70-66-91(109(83-50-25-7-26-51-83,84-52-27-8-28-53-84)85-54-29-9-30-55-85)74-95(102)96-75-92(67-71-103(96)106)110(86-56-31-10-32-57-86,87-58-33-11-34-59-87)88-60-35-12-36-61-88/h1-75H. The van der Waals surface area contributed by atoms with E-state index in [1.165, 1.54) is 83.0 Å². The smallest absolute Gasteiger partial charge is 0.179 e. The van der Waals surface area contributed by atoms with E-state index in [4.69, 9.17) is 0 Å². The molecule has 0 aliphatic carbocycles. The maximum Gasteiger partial charge on any atom is 0.179 e. The largest absolute Gasteiger partial charge is 0.308 e. The van der Waals surface area contributed by atoms with E-state index >= 15 is 0 Å². The van der Waals surface area contributed by atoms with Gasteiger partial charge in [-0.1, -0.05) is 419 Å². The molecule has 3 nitrogen and oxygen atoms in total. The van der Waals surface area contributed by atoms with Crippen LogP contribution in [-0.4, -0.2) is 41.4 Å². The topological polar surface area (TPSA) is 33.6 Å². The molecule has 0 bridgehead atoms. The van der Waals surface area contributed by atoms with Crippen molar-refractivity contribution in [3.63, 3.8) is 0 Å². The van der Waals surface area contributed by atoms with E-state index in [0.717, 1.165) is 55.0 Å². The molecule has 0 N–H and O–H groups in total. The van der Waals surface area contributed by atoms with Gasteiger partial charge in [0.25, 0.3) is 0 Å². The SMILES string of the molecule is N#Cc1c(-n2c3ccc([Si](c4ccccc4)(c4ccccc4)c4ccccc4)cc3c3cc([Si](c4ccccc4)(c4ccccc4)c4ccccc4)ccc32)cccc1-n1c2ccc([Si](c3ccccc3)(c3ccccc3)c3ccccc3)cc2c2cc([Si](c3ccccc3)(c3ccccc3)c3ccccc3)ccc21. The first-order valence-corrected chi connectivity index (χ1v) is 45.9. The predicted octanol–water partition coefficient (Wildman–Crippen LogP) is 13.3. The first-order valence-electron chi connectivity index (χ1n) is 37.9. The van der Waals surface area contributed by atoms with Gasteiger partial charge in [0.2, 0.25) is 0 Å². The molecule has 110 heavy (non-hydrogen) atoms. The summed E-state index contributed by atoms with van der Waals surface area (Å²) >= 11 is 0. The molecule has 0 unspecified atom stereocenters. The normalized spacial score (nSPS) is 12.0. The fourth-order valence-electron chi connectivity index (χ4n) is 18.8. The summed E-state index contributed by atoms with van der Waals surface area (Å²) in [5.41, 5.74) is 6.24. The number of hydrogen-bond acceptors (Lipinski definition) is 1. The third-order valence-corrected chi connectivity index (χ3v) is 42.5. The van der Waals surface area contributed by atoms with Crippen LogP contribution in [0.1, 0.15) is 5.56 Å². The van der Waals surface area contributed by atoms with Crippen molar-refractivity contribution in [3.8, 4) is 17.4 Å². The predicted molar refractivity (Wildman–Crippen MR) is 474 cm³/mol. The molecule has 0 fully saturated rings.